The molecule has 0 fully saturated rings. The van der Waals surface area contributed by atoms with Gasteiger partial charge in [-0.3, -0.25) is 4.79 Å². The number of carbonyl (C=O) groups is 1. The van der Waals surface area contributed by atoms with Crippen LogP contribution < -0.4 is 0 Å². The van der Waals surface area contributed by atoms with Gasteiger partial charge >= 0.3 is 18.3 Å². The standard InChI is InChI=1S/C16H18F6O2/c1-3-12(16(20,21)22)13(14(23)24-4-2)11-7-5-10(6-8-11)9-15(17,18)19/h5-8,12-13H,3-4,9H2,1-2H3. The van der Waals surface area contributed by atoms with E-state index < -0.39 is 36.6 Å². The topological polar surface area (TPSA) is 26.3 Å². The lowest BCUT2D eigenvalue weighted by atomic mass is 9.83. The Balaban J connectivity index is 3.17. The third kappa shape index (κ3) is 5.72. The van der Waals surface area contributed by atoms with Crippen LogP contribution >= 0.6 is 0 Å². The number of hydrogen-bond donors (Lipinski definition) is 0. The van der Waals surface area contributed by atoms with Gasteiger partial charge in [-0.05, 0) is 24.5 Å². The Morgan fingerprint density at radius 2 is 1.58 bits per heavy atom. The SMILES string of the molecule is CCOC(=O)C(c1ccc(CC(F)(F)F)cc1)C(CC)C(F)(F)F. The molecular formula is C16H18F6O2. The first kappa shape index (κ1) is 20.3. The molecule has 0 radical (unpaired) electrons. The summed E-state index contributed by atoms with van der Waals surface area (Å²) >= 11 is 0. The Hall–Kier alpha value is -1.73. The fraction of sp³-hybridized carbons (Fsp3) is 0.562. The van der Waals surface area contributed by atoms with Crippen molar-refractivity contribution in [3.05, 3.63) is 35.4 Å². The molecule has 24 heavy (non-hydrogen) atoms. The summed E-state index contributed by atoms with van der Waals surface area (Å²) in [4.78, 5) is 12.0. The Bertz CT molecular complexity index is 533. The number of alkyl halides is 6. The summed E-state index contributed by atoms with van der Waals surface area (Å²) in [5, 5.41) is 0. The van der Waals surface area contributed by atoms with Crippen molar-refractivity contribution in [3.63, 3.8) is 0 Å². The van der Waals surface area contributed by atoms with Gasteiger partial charge in [0.15, 0.2) is 0 Å². The van der Waals surface area contributed by atoms with Crippen LogP contribution in [0.25, 0.3) is 0 Å². The molecule has 0 aliphatic rings. The van der Waals surface area contributed by atoms with Crippen LogP contribution in [0.1, 0.15) is 37.3 Å². The highest BCUT2D eigenvalue weighted by Gasteiger charge is 2.47. The van der Waals surface area contributed by atoms with Crippen LogP contribution in [0.15, 0.2) is 24.3 Å². The number of carbonyl (C=O) groups excluding carboxylic acids is 1. The molecule has 2 nitrogen and oxygen atoms in total. The number of esters is 1. The molecule has 0 bridgehead atoms. The van der Waals surface area contributed by atoms with Crippen molar-refractivity contribution in [2.75, 3.05) is 6.61 Å². The third-order valence-electron chi connectivity index (χ3n) is 3.55. The Labute approximate surface area is 135 Å². The average Bonchev–Trinajstić information content (AvgIpc) is 2.43. The fourth-order valence-electron chi connectivity index (χ4n) is 2.50. The van der Waals surface area contributed by atoms with Crippen molar-refractivity contribution in [2.45, 2.75) is 45.0 Å². The lowest BCUT2D eigenvalue weighted by Crippen LogP contribution is -2.34. The summed E-state index contributed by atoms with van der Waals surface area (Å²) < 4.78 is 81.4. The molecule has 0 heterocycles. The molecule has 136 valence electrons. The lowest BCUT2D eigenvalue weighted by molar-refractivity contribution is -0.190. The molecular weight excluding hydrogens is 338 g/mol. The normalized spacial score (nSPS) is 15.0. The molecule has 0 saturated heterocycles. The highest BCUT2D eigenvalue weighted by molar-refractivity contribution is 5.78. The number of halogens is 6. The molecule has 0 N–H and O–H groups in total. The largest absolute Gasteiger partial charge is 0.466 e. The fourth-order valence-corrected chi connectivity index (χ4v) is 2.50. The van der Waals surface area contributed by atoms with E-state index in [9.17, 15) is 31.1 Å². The molecule has 0 aliphatic heterocycles. The first-order valence-electron chi connectivity index (χ1n) is 7.38. The van der Waals surface area contributed by atoms with Gasteiger partial charge in [0.05, 0.1) is 24.9 Å². The molecule has 0 aliphatic carbocycles. The molecule has 0 saturated carbocycles. The number of benzene rings is 1. The van der Waals surface area contributed by atoms with E-state index in [1.165, 1.54) is 13.8 Å². The van der Waals surface area contributed by atoms with E-state index in [-0.39, 0.29) is 24.2 Å². The van der Waals surface area contributed by atoms with Gasteiger partial charge in [-0.1, -0.05) is 31.2 Å². The van der Waals surface area contributed by atoms with Crippen molar-refractivity contribution in [1.82, 2.24) is 0 Å². The van der Waals surface area contributed by atoms with Crippen LogP contribution in [-0.2, 0) is 16.0 Å². The predicted molar refractivity (Wildman–Crippen MR) is 75.4 cm³/mol. The molecule has 1 aromatic rings. The van der Waals surface area contributed by atoms with Crippen molar-refractivity contribution in [3.8, 4) is 0 Å². The summed E-state index contributed by atoms with van der Waals surface area (Å²) in [7, 11) is 0. The maximum Gasteiger partial charge on any atom is 0.393 e. The summed E-state index contributed by atoms with van der Waals surface area (Å²) in [5.74, 6) is -4.61. The zero-order valence-electron chi connectivity index (χ0n) is 13.2. The second-order valence-electron chi connectivity index (χ2n) is 5.32. The van der Waals surface area contributed by atoms with Crippen molar-refractivity contribution in [1.29, 1.82) is 0 Å². The van der Waals surface area contributed by atoms with E-state index >= 15 is 0 Å². The van der Waals surface area contributed by atoms with E-state index in [0.717, 1.165) is 24.3 Å². The maximum absolute atomic E-state index is 13.2. The predicted octanol–water partition coefficient (Wildman–Crippen LogP) is 5.03. The summed E-state index contributed by atoms with van der Waals surface area (Å²) in [6.07, 6.45) is -10.6. The molecule has 0 spiro atoms. The van der Waals surface area contributed by atoms with Crippen LogP contribution in [0, 0.1) is 5.92 Å². The molecule has 1 rings (SSSR count). The van der Waals surface area contributed by atoms with Gasteiger partial charge in [0.1, 0.15) is 0 Å². The minimum absolute atomic E-state index is 0.0106. The number of rotatable bonds is 6. The highest BCUT2D eigenvalue weighted by Crippen LogP contribution is 2.40. The molecule has 2 unspecified atom stereocenters. The van der Waals surface area contributed by atoms with Crippen molar-refractivity contribution in [2.24, 2.45) is 5.92 Å². The summed E-state index contributed by atoms with van der Waals surface area (Å²) in [5.41, 5.74) is -0.0996. The van der Waals surface area contributed by atoms with Gasteiger partial charge in [0.2, 0.25) is 0 Å². The average molecular weight is 356 g/mol. The van der Waals surface area contributed by atoms with Crippen LogP contribution in [0.4, 0.5) is 26.3 Å². The summed E-state index contributed by atoms with van der Waals surface area (Å²) in [6.45, 7) is 2.67. The smallest absolute Gasteiger partial charge is 0.393 e. The summed E-state index contributed by atoms with van der Waals surface area (Å²) in [6, 6.07) is 4.41. The van der Waals surface area contributed by atoms with E-state index in [1.807, 2.05) is 0 Å². The van der Waals surface area contributed by atoms with Gasteiger partial charge in [-0.25, -0.2) is 0 Å². The lowest BCUT2D eigenvalue weighted by Gasteiger charge is -2.27. The minimum Gasteiger partial charge on any atom is -0.466 e. The Kier molecular flexibility index (Phi) is 6.68. The molecule has 2 atom stereocenters. The maximum atomic E-state index is 13.2. The van der Waals surface area contributed by atoms with Crippen LogP contribution in [0.2, 0.25) is 0 Å². The van der Waals surface area contributed by atoms with E-state index in [0.29, 0.717) is 0 Å². The number of hydrogen-bond acceptors (Lipinski definition) is 2. The van der Waals surface area contributed by atoms with Gasteiger partial charge in [-0.2, -0.15) is 26.3 Å². The van der Waals surface area contributed by atoms with E-state index in [2.05, 4.69) is 0 Å². The number of ether oxygens (including phenoxy) is 1. The van der Waals surface area contributed by atoms with Crippen LogP contribution in [0.3, 0.4) is 0 Å². The molecule has 0 amide bonds. The molecule has 1 aromatic carbocycles. The van der Waals surface area contributed by atoms with E-state index in [1.54, 1.807) is 0 Å². The van der Waals surface area contributed by atoms with Crippen molar-refractivity contribution >= 4 is 5.97 Å². The monoisotopic (exact) mass is 356 g/mol. The van der Waals surface area contributed by atoms with Crippen LogP contribution in [0.5, 0.6) is 0 Å². The second-order valence-corrected chi connectivity index (χ2v) is 5.32. The molecule has 0 aromatic heterocycles. The first-order chi connectivity index (χ1) is 11.0. The minimum atomic E-state index is -4.63. The van der Waals surface area contributed by atoms with Crippen molar-refractivity contribution < 1.29 is 35.9 Å². The Morgan fingerprint density at radius 1 is 1.04 bits per heavy atom. The second kappa shape index (κ2) is 7.90. The highest BCUT2D eigenvalue weighted by atomic mass is 19.4. The zero-order chi connectivity index (χ0) is 18.5. The van der Waals surface area contributed by atoms with Gasteiger partial charge in [0.25, 0.3) is 0 Å². The molecule has 8 heteroatoms. The quantitative estimate of drug-likeness (QED) is 0.528. The third-order valence-corrected chi connectivity index (χ3v) is 3.55. The van der Waals surface area contributed by atoms with E-state index in [4.69, 9.17) is 4.74 Å². The Morgan fingerprint density at radius 3 is 1.96 bits per heavy atom. The van der Waals surface area contributed by atoms with Gasteiger partial charge in [0, 0.05) is 0 Å². The van der Waals surface area contributed by atoms with Gasteiger partial charge in [-0.15, -0.1) is 0 Å². The zero-order valence-corrected chi connectivity index (χ0v) is 13.2. The van der Waals surface area contributed by atoms with Gasteiger partial charge < -0.3 is 4.74 Å². The first-order valence-corrected chi connectivity index (χ1v) is 7.38. The van der Waals surface area contributed by atoms with Crippen LogP contribution in [-0.4, -0.2) is 24.9 Å².